The smallest absolute Gasteiger partial charge is 0.326 e. The number of allylic oxidation sites excluding steroid dienone is 1. The maximum absolute atomic E-state index is 11.9. The highest BCUT2D eigenvalue weighted by molar-refractivity contribution is 5.83. The molecule has 4 nitrogen and oxygen atoms in total. The molecule has 1 aromatic rings. The van der Waals surface area contributed by atoms with E-state index < -0.39 is 12.0 Å². The zero-order valence-electron chi connectivity index (χ0n) is 14.4. The largest absolute Gasteiger partial charge is 0.480 e. The Labute approximate surface area is 145 Å². The topological polar surface area (TPSA) is 66.4 Å². The molecule has 0 heterocycles. The van der Waals surface area contributed by atoms with Crippen LogP contribution in [-0.2, 0) is 16.0 Å². The summed E-state index contributed by atoms with van der Waals surface area (Å²) in [5.41, 5.74) is 0.907. The maximum Gasteiger partial charge on any atom is 0.326 e. The summed E-state index contributed by atoms with van der Waals surface area (Å²) in [5, 5.41) is 11.9. The standard InChI is InChI=1S/C20H29NO3/c1-2-3-4-5-6-7-8-12-15-19(22)21-18(20(23)24)16-17-13-10-9-11-14-17/h2,9-11,13-14,18H,1,3-8,12,15-16H2,(H,21,22)(H,23,24). The third-order valence-corrected chi connectivity index (χ3v) is 3.98. The van der Waals surface area contributed by atoms with Gasteiger partial charge in [-0.3, -0.25) is 4.79 Å². The van der Waals surface area contributed by atoms with Crippen LogP contribution in [0.3, 0.4) is 0 Å². The maximum atomic E-state index is 11.9. The number of hydrogen-bond donors (Lipinski definition) is 2. The van der Waals surface area contributed by atoms with Crippen molar-refractivity contribution in [3.63, 3.8) is 0 Å². The van der Waals surface area contributed by atoms with Crippen molar-refractivity contribution in [1.82, 2.24) is 5.32 Å². The van der Waals surface area contributed by atoms with Crippen LogP contribution >= 0.6 is 0 Å². The van der Waals surface area contributed by atoms with Gasteiger partial charge in [0.1, 0.15) is 6.04 Å². The molecule has 0 saturated carbocycles. The Morgan fingerprint density at radius 1 is 1.04 bits per heavy atom. The van der Waals surface area contributed by atoms with Crippen LogP contribution in [0.2, 0.25) is 0 Å². The molecule has 1 atom stereocenters. The fourth-order valence-corrected chi connectivity index (χ4v) is 2.60. The highest BCUT2D eigenvalue weighted by Gasteiger charge is 2.19. The normalized spacial score (nSPS) is 11.7. The Hall–Kier alpha value is -2.10. The van der Waals surface area contributed by atoms with Gasteiger partial charge in [0.15, 0.2) is 0 Å². The van der Waals surface area contributed by atoms with Crippen molar-refractivity contribution in [3.05, 3.63) is 48.6 Å². The Morgan fingerprint density at radius 3 is 2.29 bits per heavy atom. The van der Waals surface area contributed by atoms with Gasteiger partial charge < -0.3 is 10.4 Å². The Morgan fingerprint density at radius 2 is 1.67 bits per heavy atom. The number of nitrogens with one attached hydrogen (secondary N) is 1. The lowest BCUT2D eigenvalue weighted by molar-refractivity contribution is -0.141. The van der Waals surface area contributed by atoms with Crippen LogP contribution in [0, 0.1) is 0 Å². The van der Waals surface area contributed by atoms with Gasteiger partial charge in [0, 0.05) is 12.8 Å². The minimum absolute atomic E-state index is 0.176. The van der Waals surface area contributed by atoms with E-state index in [-0.39, 0.29) is 5.91 Å². The second-order valence-electron chi connectivity index (χ2n) is 6.10. The minimum atomic E-state index is -0.991. The molecule has 1 aromatic carbocycles. The molecule has 0 bridgehead atoms. The van der Waals surface area contributed by atoms with E-state index in [0.717, 1.165) is 31.2 Å². The van der Waals surface area contributed by atoms with E-state index in [9.17, 15) is 14.7 Å². The summed E-state index contributed by atoms with van der Waals surface area (Å²) in [5.74, 6) is -1.17. The van der Waals surface area contributed by atoms with E-state index in [0.29, 0.717) is 12.8 Å². The molecule has 0 aliphatic rings. The highest BCUT2D eigenvalue weighted by Crippen LogP contribution is 2.09. The molecule has 1 amide bonds. The predicted molar refractivity (Wildman–Crippen MR) is 96.8 cm³/mol. The summed E-state index contributed by atoms with van der Waals surface area (Å²) in [4.78, 5) is 23.3. The third kappa shape index (κ3) is 9.13. The molecular formula is C20H29NO3. The summed E-state index contributed by atoms with van der Waals surface area (Å²) in [7, 11) is 0. The van der Waals surface area contributed by atoms with Crippen molar-refractivity contribution >= 4 is 11.9 Å². The SMILES string of the molecule is C=CCCCCCCCCC(=O)NC(Cc1ccccc1)C(=O)O. The molecule has 1 rings (SSSR count). The average molecular weight is 331 g/mol. The van der Waals surface area contributed by atoms with Crippen molar-refractivity contribution in [2.24, 2.45) is 0 Å². The Bertz CT molecular complexity index is 499. The van der Waals surface area contributed by atoms with Gasteiger partial charge in [-0.15, -0.1) is 6.58 Å². The third-order valence-electron chi connectivity index (χ3n) is 3.98. The van der Waals surface area contributed by atoms with Gasteiger partial charge in [0.05, 0.1) is 0 Å². The summed E-state index contributed by atoms with van der Waals surface area (Å²) >= 11 is 0. The van der Waals surface area contributed by atoms with Crippen LogP contribution in [0.25, 0.3) is 0 Å². The van der Waals surface area contributed by atoms with Gasteiger partial charge in [0.2, 0.25) is 5.91 Å². The van der Waals surface area contributed by atoms with Gasteiger partial charge in [-0.05, 0) is 24.8 Å². The van der Waals surface area contributed by atoms with Crippen molar-refractivity contribution in [1.29, 1.82) is 0 Å². The number of aliphatic carboxylic acids is 1. The van der Waals surface area contributed by atoms with E-state index in [4.69, 9.17) is 0 Å². The number of benzene rings is 1. The first kappa shape index (κ1) is 19.9. The molecule has 4 heteroatoms. The van der Waals surface area contributed by atoms with Crippen LogP contribution in [0.15, 0.2) is 43.0 Å². The molecule has 2 N–H and O–H groups in total. The van der Waals surface area contributed by atoms with Crippen LogP contribution < -0.4 is 5.32 Å². The van der Waals surface area contributed by atoms with Crippen LogP contribution in [0.1, 0.15) is 56.9 Å². The van der Waals surface area contributed by atoms with E-state index >= 15 is 0 Å². The van der Waals surface area contributed by atoms with E-state index in [1.54, 1.807) is 0 Å². The molecule has 0 radical (unpaired) electrons. The molecule has 132 valence electrons. The molecule has 0 saturated heterocycles. The number of hydrogen-bond acceptors (Lipinski definition) is 2. The summed E-state index contributed by atoms with van der Waals surface area (Å²) < 4.78 is 0. The van der Waals surface area contributed by atoms with Gasteiger partial charge in [-0.2, -0.15) is 0 Å². The highest BCUT2D eigenvalue weighted by atomic mass is 16.4. The Balaban J connectivity index is 2.21. The quantitative estimate of drug-likeness (QED) is 0.422. The number of rotatable bonds is 13. The number of carbonyl (C=O) groups is 2. The Kier molecular flexibility index (Phi) is 10.3. The van der Waals surface area contributed by atoms with E-state index in [2.05, 4.69) is 11.9 Å². The first-order valence-corrected chi connectivity index (χ1v) is 8.80. The van der Waals surface area contributed by atoms with Crippen molar-refractivity contribution < 1.29 is 14.7 Å². The van der Waals surface area contributed by atoms with Crippen LogP contribution in [0.5, 0.6) is 0 Å². The molecule has 0 spiro atoms. The monoisotopic (exact) mass is 331 g/mol. The number of carboxylic acid groups (broad SMARTS) is 1. The first-order chi connectivity index (χ1) is 11.6. The minimum Gasteiger partial charge on any atom is -0.480 e. The van der Waals surface area contributed by atoms with Crippen LogP contribution in [0.4, 0.5) is 0 Å². The zero-order valence-corrected chi connectivity index (χ0v) is 14.4. The summed E-state index contributed by atoms with van der Waals surface area (Å²) in [6, 6.07) is 8.49. The number of amides is 1. The second kappa shape index (κ2) is 12.3. The fraction of sp³-hybridized carbons (Fsp3) is 0.500. The molecule has 0 aliphatic carbocycles. The van der Waals surface area contributed by atoms with Gasteiger partial charge in [-0.25, -0.2) is 4.79 Å². The fourth-order valence-electron chi connectivity index (χ4n) is 2.60. The predicted octanol–water partition coefficient (Wildman–Crippen LogP) is 4.11. The summed E-state index contributed by atoms with van der Waals surface area (Å²) in [6.07, 6.45) is 10.2. The molecule has 0 fully saturated rings. The average Bonchev–Trinajstić information content (AvgIpc) is 2.57. The first-order valence-electron chi connectivity index (χ1n) is 8.80. The molecule has 0 aromatic heterocycles. The van der Waals surface area contributed by atoms with Gasteiger partial charge in [0.25, 0.3) is 0 Å². The number of unbranched alkanes of at least 4 members (excludes halogenated alkanes) is 6. The molecule has 0 aliphatic heterocycles. The van der Waals surface area contributed by atoms with Crippen molar-refractivity contribution in [2.75, 3.05) is 0 Å². The zero-order chi connectivity index (χ0) is 17.6. The lowest BCUT2D eigenvalue weighted by atomic mass is 10.1. The van der Waals surface area contributed by atoms with Gasteiger partial charge >= 0.3 is 5.97 Å². The van der Waals surface area contributed by atoms with E-state index in [1.807, 2.05) is 36.4 Å². The van der Waals surface area contributed by atoms with Gasteiger partial charge in [-0.1, -0.05) is 62.1 Å². The van der Waals surface area contributed by atoms with E-state index in [1.165, 1.54) is 19.3 Å². The lowest BCUT2D eigenvalue weighted by Crippen LogP contribution is -2.42. The molecule has 24 heavy (non-hydrogen) atoms. The summed E-state index contributed by atoms with van der Waals surface area (Å²) in [6.45, 7) is 3.70. The van der Waals surface area contributed by atoms with Crippen molar-refractivity contribution in [3.8, 4) is 0 Å². The van der Waals surface area contributed by atoms with Crippen LogP contribution in [-0.4, -0.2) is 23.0 Å². The number of carboxylic acids is 1. The lowest BCUT2D eigenvalue weighted by Gasteiger charge is -2.14. The number of carbonyl (C=O) groups excluding carboxylic acids is 1. The second-order valence-corrected chi connectivity index (χ2v) is 6.10. The molecule has 1 unspecified atom stereocenters. The molecular weight excluding hydrogens is 302 g/mol. The van der Waals surface area contributed by atoms with Crippen molar-refractivity contribution in [2.45, 2.75) is 63.8 Å².